The number of carbonyl (C=O) groups is 3. The summed E-state index contributed by atoms with van der Waals surface area (Å²) in [6.45, 7) is 3.77. The van der Waals surface area contributed by atoms with E-state index < -0.39 is 0 Å². The van der Waals surface area contributed by atoms with Gasteiger partial charge in [0.2, 0.25) is 11.8 Å². The first-order valence-electron chi connectivity index (χ1n) is 6.24. The molecule has 1 aliphatic carbocycles. The van der Waals surface area contributed by atoms with Crippen molar-refractivity contribution in [1.82, 2.24) is 10.2 Å². The third kappa shape index (κ3) is 5.16. The van der Waals surface area contributed by atoms with E-state index in [-0.39, 0.29) is 36.8 Å². The lowest BCUT2D eigenvalue weighted by Crippen LogP contribution is -2.39. The molecule has 1 rings (SSSR count). The van der Waals surface area contributed by atoms with Crippen LogP contribution in [0.3, 0.4) is 0 Å². The molecule has 0 heterocycles. The second-order valence-corrected chi connectivity index (χ2v) is 4.29. The lowest BCUT2D eigenvalue weighted by Gasteiger charge is -2.21. The Balaban J connectivity index is 2.38. The van der Waals surface area contributed by atoms with Crippen LogP contribution in [-0.4, -0.2) is 48.4 Å². The van der Waals surface area contributed by atoms with Gasteiger partial charge in [-0.25, -0.2) is 0 Å². The van der Waals surface area contributed by atoms with Gasteiger partial charge in [-0.05, 0) is 19.8 Å². The minimum atomic E-state index is -0.378. The Morgan fingerprint density at radius 1 is 1.33 bits per heavy atom. The summed E-state index contributed by atoms with van der Waals surface area (Å²) >= 11 is 0. The zero-order chi connectivity index (χ0) is 13.5. The Kier molecular flexibility index (Phi) is 5.61. The van der Waals surface area contributed by atoms with Crippen LogP contribution in [0.25, 0.3) is 0 Å². The van der Waals surface area contributed by atoms with Crippen LogP contribution in [0.2, 0.25) is 0 Å². The third-order valence-corrected chi connectivity index (χ3v) is 2.63. The average Bonchev–Trinajstić information content (AvgIpc) is 3.09. The number of hydrogen-bond donors (Lipinski definition) is 1. The summed E-state index contributed by atoms with van der Waals surface area (Å²) < 4.78 is 4.84. The topological polar surface area (TPSA) is 75.7 Å². The van der Waals surface area contributed by atoms with Crippen molar-refractivity contribution in [3.8, 4) is 0 Å². The summed E-state index contributed by atoms with van der Waals surface area (Å²) in [7, 11) is 0. The first kappa shape index (κ1) is 14.5. The smallest absolute Gasteiger partial charge is 0.325 e. The SMILES string of the molecule is CCOC(=O)CN(C(=O)CCNC(C)=O)C1CC1. The van der Waals surface area contributed by atoms with E-state index in [0.29, 0.717) is 13.2 Å². The molecule has 6 heteroatoms. The number of carbonyl (C=O) groups excluding carboxylic acids is 3. The maximum absolute atomic E-state index is 11.9. The van der Waals surface area contributed by atoms with E-state index in [2.05, 4.69) is 5.32 Å². The van der Waals surface area contributed by atoms with E-state index in [1.54, 1.807) is 11.8 Å². The highest BCUT2D eigenvalue weighted by Crippen LogP contribution is 2.27. The van der Waals surface area contributed by atoms with Crippen LogP contribution in [0, 0.1) is 0 Å². The Morgan fingerprint density at radius 3 is 2.50 bits per heavy atom. The zero-order valence-electron chi connectivity index (χ0n) is 10.9. The highest BCUT2D eigenvalue weighted by atomic mass is 16.5. The lowest BCUT2D eigenvalue weighted by molar-refractivity contribution is -0.149. The molecule has 0 saturated heterocycles. The van der Waals surface area contributed by atoms with Crippen molar-refractivity contribution < 1.29 is 19.1 Å². The molecular formula is C12H20N2O4. The average molecular weight is 256 g/mol. The zero-order valence-corrected chi connectivity index (χ0v) is 10.9. The van der Waals surface area contributed by atoms with E-state index in [0.717, 1.165) is 12.8 Å². The highest BCUT2D eigenvalue weighted by Gasteiger charge is 2.33. The van der Waals surface area contributed by atoms with Crippen LogP contribution < -0.4 is 5.32 Å². The predicted octanol–water partition coefficient (Wildman–Crippen LogP) is 0.0667. The summed E-state index contributed by atoms with van der Waals surface area (Å²) in [4.78, 5) is 35.5. The maximum atomic E-state index is 11.9. The molecule has 0 aromatic rings. The molecule has 0 aromatic heterocycles. The first-order chi connectivity index (χ1) is 8.54. The molecule has 0 radical (unpaired) electrons. The summed E-state index contributed by atoms with van der Waals surface area (Å²) in [5.74, 6) is -0.650. The van der Waals surface area contributed by atoms with Gasteiger partial charge in [-0.3, -0.25) is 14.4 Å². The van der Waals surface area contributed by atoms with Gasteiger partial charge >= 0.3 is 5.97 Å². The van der Waals surface area contributed by atoms with Gasteiger partial charge in [-0.15, -0.1) is 0 Å². The van der Waals surface area contributed by atoms with Gasteiger partial charge in [-0.1, -0.05) is 0 Å². The number of amides is 2. The molecule has 0 aliphatic heterocycles. The summed E-state index contributed by atoms with van der Waals surface area (Å²) in [6, 6.07) is 0.166. The van der Waals surface area contributed by atoms with Gasteiger partial charge in [0.25, 0.3) is 0 Å². The Morgan fingerprint density at radius 2 is 2.00 bits per heavy atom. The fourth-order valence-electron chi connectivity index (χ4n) is 1.64. The standard InChI is InChI=1S/C12H20N2O4/c1-3-18-12(17)8-14(10-4-5-10)11(16)6-7-13-9(2)15/h10H,3-8H2,1-2H3,(H,13,15). The summed E-state index contributed by atoms with van der Waals surface area (Å²) in [5, 5.41) is 2.57. The predicted molar refractivity (Wildman–Crippen MR) is 64.7 cm³/mol. The fourth-order valence-corrected chi connectivity index (χ4v) is 1.64. The van der Waals surface area contributed by atoms with E-state index in [9.17, 15) is 14.4 Å². The molecule has 1 saturated carbocycles. The monoisotopic (exact) mass is 256 g/mol. The Labute approximate surface area is 107 Å². The number of esters is 1. The summed E-state index contributed by atoms with van der Waals surface area (Å²) in [6.07, 6.45) is 2.09. The second kappa shape index (κ2) is 6.98. The van der Waals surface area contributed by atoms with E-state index in [1.165, 1.54) is 6.92 Å². The van der Waals surface area contributed by atoms with Crippen LogP contribution in [0.1, 0.15) is 33.1 Å². The molecule has 0 unspecified atom stereocenters. The number of nitrogens with one attached hydrogen (secondary N) is 1. The Bertz CT molecular complexity index is 326. The molecule has 18 heavy (non-hydrogen) atoms. The molecule has 1 fully saturated rings. The van der Waals surface area contributed by atoms with Gasteiger partial charge < -0.3 is 15.0 Å². The van der Waals surface area contributed by atoms with Crippen LogP contribution in [0.5, 0.6) is 0 Å². The van der Waals surface area contributed by atoms with Crippen molar-refractivity contribution in [2.45, 2.75) is 39.2 Å². The van der Waals surface area contributed by atoms with E-state index in [4.69, 9.17) is 4.74 Å². The van der Waals surface area contributed by atoms with Crippen molar-refractivity contribution in [3.05, 3.63) is 0 Å². The number of rotatable bonds is 7. The van der Waals surface area contributed by atoms with Gasteiger partial charge in [-0.2, -0.15) is 0 Å². The van der Waals surface area contributed by atoms with Crippen LogP contribution in [0.4, 0.5) is 0 Å². The van der Waals surface area contributed by atoms with Crippen molar-refractivity contribution in [2.75, 3.05) is 19.7 Å². The molecule has 1 aliphatic rings. The van der Waals surface area contributed by atoms with Crippen LogP contribution >= 0.6 is 0 Å². The molecule has 0 bridgehead atoms. The maximum Gasteiger partial charge on any atom is 0.325 e. The van der Waals surface area contributed by atoms with Crippen molar-refractivity contribution in [2.24, 2.45) is 0 Å². The van der Waals surface area contributed by atoms with E-state index >= 15 is 0 Å². The number of ether oxygens (including phenoxy) is 1. The molecular weight excluding hydrogens is 236 g/mol. The minimum absolute atomic E-state index is 0.0113. The van der Waals surface area contributed by atoms with Gasteiger partial charge in [0.15, 0.2) is 0 Å². The Hall–Kier alpha value is -1.59. The van der Waals surface area contributed by atoms with Gasteiger partial charge in [0, 0.05) is 25.9 Å². The van der Waals surface area contributed by atoms with Crippen molar-refractivity contribution >= 4 is 17.8 Å². The van der Waals surface area contributed by atoms with Crippen molar-refractivity contribution in [3.63, 3.8) is 0 Å². The third-order valence-electron chi connectivity index (χ3n) is 2.63. The van der Waals surface area contributed by atoms with Gasteiger partial charge in [0.1, 0.15) is 6.54 Å². The quantitative estimate of drug-likeness (QED) is 0.654. The van der Waals surface area contributed by atoms with Crippen molar-refractivity contribution in [1.29, 1.82) is 0 Å². The van der Waals surface area contributed by atoms with Crippen LogP contribution in [-0.2, 0) is 19.1 Å². The fraction of sp³-hybridized carbons (Fsp3) is 0.750. The van der Waals surface area contributed by atoms with Crippen LogP contribution in [0.15, 0.2) is 0 Å². The molecule has 102 valence electrons. The first-order valence-corrected chi connectivity index (χ1v) is 6.24. The number of hydrogen-bond acceptors (Lipinski definition) is 4. The molecule has 6 nitrogen and oxygen atoms in total. The normalized spacial score (nSPS) is 13.9. The second-order valence-electron chi connectivity index (χ2n) is 4.29. The molecule has 0 aromatic carbocycles. The molecule has 0 atom stereocenters. The summed E-state index contributed by atoms with van der Waals surface area (Å²) in [5.41, 5.74) is 0. The number of nitrogens with zero attached hydrogens (tertiary/aromatic N) is 1. The van der Waals surface area contributed by atoms with Gasteiger partial charge in [0.05, 0.1) is 6.61 Å². The van der Waals surface area contributed by atoms with E-state index in [1.807, 2.05) is 0 Å². The molecule has 0 spiro atoms. The minimum Gasteiger partial charge on any atom is -0.465 e. The molecule has 1 N–H and O–H groups in total. The molecule has 2 amide bonds. The highest BCUT2D eigenvalue weighted by molar-refractivity contribution is 5.83. The largest absolute Gasteiger partial charge is 0.465 e. The lowest BCUT2D eigenvalue weighted by atomic mass is 10.3.